The summed E-state index contributed by atoms with van der Waals surface area (Å²) in [6.45, 7) is -0.682. The number of anilines is 1. The molecule has 0 bridgehead atoms. The molecule has 174 valence electrons. The van der Waals surface area contributed by atoms with Crippen LogP contribution < -0.4 is 5.32 Å². The second-order valence-corrected chi connectivity index (χ2v) is 10.6. The van der Waals surface area contributed by atoms with Crippen molar-refractivity contribution in [3.63, 3.8) is 0 Å². The largest absolute Gasteiger partial charge is 0.396 e. The number of aliphatic hydroxyl groups excluding tert-OH is 2. The molecule has 1 saturated carbocycles. The molecule has 3 N–H and O–H groups in total. The Kier molecular flexibility index (Phi) is 8.21. The van der Waals surface area contributed by atoms with Crippen LogP contribution in [0.4, 0.5) is 5.82 Å². The Hall–Kier alpha value is -2.07. The van der Waals surface area contributed by atoms with Crippen LogP contribution in [0.5, 0.6) is 0 Å². The minimum atomic E-state index is -3.49. The quantitative estimate of drug-likeness (QED) is 0.502. The molecule has 0 aliphatic heterocycles. The Morgan fingerprint density at radius 1 is 1.19 bits per heavy atom. The van der Waals surface area contributed by atoms with Crippen molar-refractivity contribution < 1.29 is 23.4 Å². The first-order valence-electron chi connectivity index (χ1n) is 10.6. The van der Waals surface area contributed by atoms with Gasteiger partial charge in [-0.05, 0) is 30.0 Å². The van der Waals surface area contributed by atoms with E-state index in [9.17, 15) is 23.4 Å². The number of nitrogens with one attached hydrogen (secondary N) is 1. The summed E-state index contributed by atoms with van der Waals surface area (Å²) >= 11 is 6.26. The maximum Gasteiger partial charge on any atom is 0.233 e. The normalized spacial score (nSPS) is 15.8. The van der Waals surface area contributed by atoms with Crippen LogP contribution in [0.1, 0.15) is 55.2 Å². The van der Waals surface area contributed by atoms with Gasteiger partial charge in [-0.3, -0.25) is 9.78 Å². The monoisotopic (exact) mass is 481 g/mol. The first-order chi connectivity index (χ1) is 15.2. The van der Waals surface area contributed by atoms with Crippen LogP contribution in [-0.2, 0) is 14.6 Å². The molecule has 1 heterocycles. The Labute approximate surface area is 193 Å². The van der Waals surface area contributed by atoms with Crippen LogP contribution in [0, 0.1) is 5.92 Å². The molecular formula is C22H28ClN3O5S. The van der Waals surface area contributed by atoms with E-state index < -0.39 is 21.7 Å². The lowest BCUT2D eigenvalue weighted by Gasteiger charge is -2.22. The number of benzene rings is 1. The lowest BCUT2D eigenvalue weighted by molar-refractivity contribution is -0.118. The summed E-state index contributed by atoms with van der Waals surface area (Å²) in [4.78, 5) is 21.8. The molecule has 1 aliphatic rings. The predicted molar refractivity (Wildman–Crippen MR) is 121 cm³/mol. The van der Waals surface area contributed by atoms with E-state index in [0.717, 1.165) is 31.9 Å². The molecule has 32 heavy (non-hydrogen) atoms. The Balaban J connectivity index is 1.93. The molecule has 1 aliphatic carbocycles. The van der Waals surface area contributed by atoms with Crippen molar-refractivity contribution in [3.05, 3.63) is 46.9 Å². The zero-order valence-electron chi connectivity index (χ0n) is 17.9. The first kappa shape index (κ1) is 24.6. The third-order valence-corrected chi connectivity index (χ3v) is 7.49. The molecule has 1 aromatic heterocycles. The second kappa shape index (κ2) is 10.7. The number of rotatable bonds is 9. The fourth-order valence-corrected chi connectivity index (χ4v) is 5.52. The minimum absolute atomic E-state index is 0.0212. The molecule has 3 rings (SSSR count). The minimum Gasteiger partial charge on any atom is -0.396 e. The van der Waals surface area contributed by atoms with Gasteiger partial charge in [0.2, 0.25) is 5.91 Å². The molecule has 0 radical (unpaired) electrons. The van der Waals surface area contributed by atoms with Gasteiger partial charge in [-0.1, -0.05) is 43.4 Å². The molecule has 1 atom stereocenters. The summed E-state index contributed by atoms with van der Waals surface area (Å²) in [7, 11) is -3.49. The molecule has 1 amide bonds. The van der Waals surface area contributed by atoms with E-state index >= 15 is 0 Å². The van der Waals surface area contributed by atoms with Crippen molar-refractivity contribution >= 4 is 33.2 Å². The van der Waals surface area contributed by atoms with Gasteiger partial charge < -0.3 is 15.5 Å². The van der Waals surface area contributed by atoms with Crippen molar-refractivity contribution in [1.29, 1.82) is 0 Å². The van der Waals surface area contributed by atoms with Gasteiger partial charge >= 0.3 is 0 Å². The summed E-state index contributed by atoms with van der Waals surface area (Å²) in [6.07, 6.45) is 8.85. The molecule has 10 heteroatoms. The molecular weight excluding hydrogens is 454 g/mol. The number of nitrogens with zero attached hydrogens (tertiary/aromatic N) is 2. The maximum atomic E-state index is 13.4. The standard InChI is InChI=1S/C22H28ClN3O5S/c1-32(30,31)19-7-6-15(11-18(19)23)17(10-14-4-2-3-5-14)22(29)26-21-20(16(12-27)13-28)24-8-9-25-21/h6-9,11,14,16-17,27-28H,2-5,10,12-13H2,1H3,(H,25,26,29). The Morgan fingerprint density at radius 3 is 2.44 bits per heavy atom. The number of halogens is 1. The molecule has 0 spiro atoms. The van der Waals surface area contributed by atoms with Crippen LogP contribution in [0.3, 0.4) is 0 Å². The van der Waals surface area contributed by atoms with Crippen LogP contribution in [0.15, 0.2) is 35.5 Å². The molecule has 1 unspecified atom stereocenters. The summed E-state index contributed by atoms with van der Waals surface area (Å²) in [5, 5.41) is 21.9. The van der Waals surface area contributed by atoms with E-state index in [4.69, 9.17) is 11.6 Å². The third kappa shape index (κ3) is 5.83. The Morgan fingerprint density at radius 2 is 1.84 bits per heavy atom. The van der Waals surface area contributed by atoms with Crippen molar-refractivity contribution in [2.75, 3.05) is 24.8 Å². The zero-order valence-corrected chi connectivity index (χ0v) is 19.4. The molecule has 0 saturated heterocycles. The van der Waals surface area contributed by atoms with E-state index in [2.05, 4.69) is 15.3 Å². The second-order valence-electron chi connectivity index (χ2n) is 8.24. The molecule has 8 nitrogen and oxygen atoms in total. The molecule has 1 fully saturated rings. The summed E-state index contributed by atoms with van der Waals surface area (Å²) in [5.41, 5.74) is 0.925. The van der Waals surface area contributed by atoms with Crippen molar-refractivity contribution in [2.24, 2.45) is 5.92 Å². The lowest BCUT2D eigenvalue weighted by atomic mass is 9.87. The van der Waals surface area contributed by atoms with Gasteiger partial charge in [0.15, 0.2) is 15.7 Å². The predicted octanol–water partition coefficient (Wildman–Crippen LogP) is 2.90. The summed E-state index contributed by atoms with van der Waals surface area (Å²) in [6, 6.07) is 4.60. The number of carbonyl (C=O) groups is 1. The van der Waals surface area contributed by atoms with E-state index in [0.29, 0.717) is 23.6 Å². The van der Waals surface area contributed by atoms with Gasteiger partial charge in [0, 0.05) is 18.6 Å². The number of carbonyl (C=O) groups excluding carboxylic acids is 1. The van der Waals surface area contributed by atoms with Gasteiger partial charge in [-0.15, -0.1) is 0 Å². The van der Waals surface area contributed by atoms with Gasteiger partial charge in [-0.25, -0.2) is 13.4 Å². The Bertz CT molecular complexity index is 1050. The number of amides is 1. The zero-order chi connectivity index (χ0) is 23.3. The third-order valence-electron chi connectivity index (χ3n) is 5.91. The van der Waals surface area contributed by atoms with E-state index in [1.807, 2.05) is 0 Å². The molecule has 1 aromatic carbocycles. The van der Waals surface area contributed by atoms with Gasteiger partial charge in [0.05, 0.1) is 40.7 Å². The van der Waals surface area contributed by atoms with Crippen LogP contribution >= 0.6 is 11.6 Å². The van der Waals surface area contributed by atoms with Crippen LogP contribution in [0.2, 0.25) is 5.02 Å². The fourth-order valence-electron chi connectivity index (χ4n) is 4.19. The van der Waals surface area contributed by atoms with Gasteiger partial charge in [0.25, 0.3) is 0 Å². The number of sulfone groups is 1. The van der Waals surface area contributed by atoms with Crippen molar-refractivity contribution in [3.8, 4) is 0 Å². The topological polar surface area (TPSA) is 129 Å². The first-order valence-corrected chi connectivity index (χ1v) is 12.8. The summed E-state index contributed by atoms with van der Waals surface area (Å²) < 4.78 is 23.9. The number of aromatic nitrogens is 2. The highest BCUT2D eigenvalue weighted by molar-refractivity contribution is 7.90. The molecule has 2 aromatic rings. The highest BCUT2D eigenvalue weighted by Crippen LogP contribution is 2.36. The average molecular weight is 482 g/mol. The van der Waals surface area contributed by atoms with Crippen molar-refractivity contribution in [2.45, 2.75) is 48.8 Å². The van der Waals surface area contributed by atoms with Gasteiger partial charge in [0.1, 0.15) is 0 Å². The van der Waals surface area contributed by atoms with E-state index in [1.54, 1.807) is 12.1 Å². The maximum absolute atomic E-state index is 13.4. The number of aliphatic hydroxyl groups is 2. The average Bonchev–Trinajstić information content (AvgIpc) is 3.26. The number of hydrogen-bond acceptors (Lipinski definition) is 7. The highest BCUT2D eigenvalue weighted by Gasteiger charge is 2.29. The fraction of sp³-hybridized carbons (Fsp3) is 0.500. The SMILES string of the molecule is CS(=O)(=O)c1ccc(C(CC2CCCC2)C(=O)Nc2nccnc2C(CO)CO)cc1Cl. The van der Waals surface area contributed by atoms with E-state index in [-0.39, 0.29) is 34.9 Å². The smallest absolute Gasteiger partial charge is 0.233 e. The van der Waals surface area contributed by atoms with Crippen LogP contribution in [0.25, 0.3) is 0 Å². The lowest BCUT2D eigenvalue weighted by Crippen LogP contribution is -2.25. The van der Waals surface area contributed by atoms with Gasteiger partial charge in [-0.2, -0.15) is 0 Å². The highest BCUT2D eigenvalue weighted by atomic mass is 35.5. The van der Waals surface area contributed by atoms with Crippen molar-refractivity contribution in [1.82, 2.24) is 9.97 Å². The number of hydrogen-bond donors (Lipinski definition) is 3. The van der Waals surface area contributed by atoms with Crippen LogP contribution in [-0.4, -0.2) is 54.0 Å². The van der Waals surface area contributed by atoms with E-state index in [1.165, 1.54) is 18.5 Å². The summed E-state index contributed by atoms with van der Waals surface area (Å²) in [5.74, 6) is -1.00.